The standard InChI is InChI=1S/C15H24N4O2/c1-3-16-13-7-4-8-14(15(13)19(20)21)17-10-12-6-5-9-18(2)11-12/h4,7-8,12,16-17H,3,5-6,9-11H2,1-2H3. The summed E-state index contributed by atoms with van der Waals surface area (Å²) in [6.45, 7) is 5.57. The third-order valence-corrected chi connectivity index (χ3v) is 3.89. The van der Waals surface area contributed by atoms with E-state index in [0.717, 1.165) is 19.6 Å². The predicted molar refractivity (Wildman–Crippen MR) is 86.0 cm³/mol. The van der Waals surface area contributed by atoms with Gasteiger partial charge in [-0.1, -0.05) is 6.07 Å². The van der Waals surface area contributed by atoms with Crippen LogP contribution >= 0.6 is 0 Å². The summed E-state index contributed by atoms with van der Waals surface area (Å²) in [5.74, 6) is 0.547. The lowest BCUT2D eigenvalue weighted by molar-refractivity contribution is -0.383. The zero-order chi connectivity index (χ0) is 15.2. The Morgan fingerprint density at radius 2 is 2.10 bits per heavy atom. The molecule has 116 valence electrons. The van der Waals surface area contributed by atoms with Crippen LogP contribution < -0.4 is 10.6 Å². The molecule has 0 amide bonds. The second kappa shape index (κ2) is 7.26. The van der Waals surface area contributed by atoms with E-state index in [9.17, 15) is 10.1 Å². The summed E-state index contributed by atoms with van der Waals surface area (Å²) in [6, 6.07) is 5.38. The zero-order valence-corrected chi connectivity index (χ0v) is 12.8. The summed E-state index contributed by atoms with van der Waals surface area (Å²) in [7, 11) is 2.13. The number of nitrogens with zero attached hydrogens (tertiary/aromatic N) is 2. The molecule has 6 nitrogen and oxygen atoms in total. The highest BCUT2D eigenvalue weighted by Gasteiger charge is 2.21. The van der Waals surface area contributed by atoms with Crippen molar-refractivity contribution in [3.8, 4) is 0 Å². The van der Waals surface area contributed by atoms with E-state index in [2.05, 4.69) is 22.6 Å². The first-order valence-corrected chi connectivity index (χ1v) is 7.55. The van der Waals surface area contributed by atoms with Crippen LogP contribution in [0.25, 0.3) is 0 Å². The Hall–Kier alpha value is -1.82. The molecule has 2 rings (SSSR count). The van der Waals surface area contributed by atoms with E-state index >= 15 is 0 Å². The Balaban J connectivity index is 2.08. The molecular weight excluding hydrogens is 268 g/mol. The van der Waals surface area contributed by atoms with Crippen molar-refractivity contribution in [2.75, 3.05) is 43.9 Å². The fraction of sp³-hybridized carbons (Fsp3) is 0.600. The molecule has 2 N–H and O–H groups in total. The molecule has 0 aromatic heterocycles. The summed E-state index contributed by atoms with van der Waals surface area (Å²) in [4.78, 5) is 13.3. The maximum absolute atomic E-state index is 11.3. The predicted octanol–water partition coefficient (Wildman–Crippen LogP) is 2.78. The average Bonchev–Trinajstić information content (AvgIpc) is 2.45. The number of likely N-dealkylation sites (tertiary alicyclic amines) is 1. The van der Waals surface area contributed by atoms with Crippen LogP contribution in [0, 0.1) is 16.0 Å². The van der Waals surface area contributed by atoms with Crippen LogP contribution in [0.5, 0.6) is 0 Å². The second-order valence-electron chi connectivity index (χ2n) is 5.64. The van der Waals surface area contributed by atoms with Gasteiger partial charge in [0.05, 0.1) is 4.92 Å². The number of nitro groups is 1. The number of benzene rings is 1. The number of para-hydroxylation sites is 1. The van der Waals surface area contributed by atoms with Crippen LogP contribution in [0.4, 0.5) is 17.1 Å². The van der Waals surface area contributed by atoms with Gasteiger partial charge >= 0.3 is 5.69 Å². The van der Waals surface area contributed by atoms with E-state index in [0.29, 0.717) is 23.8 Å². The van der Waals surface area contributed by atoms with Gasteiger partial charge < -0.3 is 15.5 Å². The number of hydrogen-bond donors (Lipinski definition) is 2. The molecule has 1 heterocycles. The zero-order valence-electron chi connectivity index (χ0n) is 12.8. The fourth-order valence-corrected chi connectivity index (χ4v) is 2.91. The van der Waals surface area contributed by atoms with Crippen molar-refractivity contribution in [2.24, 2.45) is 5.92 Å². The number of nitrogens with one attached hydrogen (secondary N) is 2. The summed E-state index contributed by atoms with van der Waals surface area (Å²) in [5.41, 5.74) is 1.32. The SMILES string of the molecule is CCNc1cccc(NCC2CCCN(C)C2)c1[N+](=O)[O-]. The van der Waals surface area contributed by atoms with Crippen molar-refractivity contribution in [1.82, 2.24) is 4.90 Å². The molecule has 1 aromatic carbocycles. The highest BCUT2D eigenvalue weighted by molar-refractivity contribution is 5.76. The van der Waals surface area contributed by atoms with Crippen LogP contribution in [0.1, 0.15) is 19.8 Å². The minimum Gasteiger partial charge on any atom is -0.380 e. The number of piperidine rings is 1. The highest BCUT2D eigenvalue weighted by atomic mass is 16.6. The normalized spacial score (nSPS) is 19.2. The maximum atomic E-state index is 11.3. The van der Waals surface area contributed by atoms with E-state index in [1.165, 1.54) is 12.8 Å². The molecule has 0 aliphatic carbocycles. The van der Waals surface area contributed by atoms with Gasteiger partial charge in [-0.25, -0.2) is 0 Å². The van der Waals surface area contributed by atoms with Crippen molar-refractivity contribution in [2.45, 2.75) is 19.8 Å². The molecule has 1 aromatic rings. The number of anilines is 2. The van der Waals surface area contributed by atoms with Gasteiger partial charge in [0.1, 0.15) is 11.4 Å². The summed E-state index contributed by atoms with van der Waals surface area (Å²) in [5, 5.41) is 17.7. The largest absolute Gasteiger partial charge is 0.380 e. The van der Waals surface area contributed by atoms with Crippen LogP contribution in [0.15, 0.2) is 18.2 Å². The van der Waals surface area contributed by atoms with E-state index < -0.39 is 0 Å². The van der Waals surface area contributed by atoms with Crippen LogP contribution in [-0.2, 0) is 0 Å². The first-order valence-electron chi connectivity index (χ1n) is 7.55. The van der Waals surface area contributed by atoms with Gasteiger partial charge in [0.25, 0.3) is 0 Å². The molecule has 1 saturated heterocycles. The molecule has 0 saturated carbocycles. The van der Waals surface area contributed by atoms with Crippen LogP contribution in [-0.4, -0.2) is 43.0 Å². The third-order valence-electron chi connectivity index (χ3n) is 3.89. The molecule has 0 bridgehead atoms. The topological polar surface area (TPSA) is 70.4 Å². The molecule has 1 atom stereocenters. The molecular formula is C15H24N4O2. The van der Waals surface area contributed by atoms with Crippen molar-refractivity contribution in [3.63, 3.8) is 0 Å². The van der Waals surface area contributed by atoms with Crippen LogP contribution in [0.3, 0.4) is 0 Å². The van der Waals surface area contributed by atoms with Crippen LogP contribution in [0.2, 0.25) is 0 Å². The van der Waals surface area contributed by atoms with Gasteiger partial charge in [-0.15, -0.1) is 0 Å². The summed E-state index contributed by atoms with van der Waals surface area (Å²) >= 11 is 0. The van der Waals surface area contributed by atoms with Gasteiger partial charge in [0.15, 0.2) is 0 Å². The van der Waals surface area contributed by atoms with Crippen molar-refractivity contribution in [3.05, 3.63) is 28.3 Å². The van der Waals surface area contributed by atoms with E-state index in [1.807, 2.05) is 13.0 Å². The molecule has 0 spiro atoms. The summed E-state index contributed by atoms with van der Waals surface area (Å²) < 4.78 is 0. The first kappa shape index (κ1) is 15.6. The molecule has 1 unspecified atom stereocenters. The lowest BCUT2D eigenvalue weighted by Gasteiger charge is -2.29. The van der Waals surface area contributed by atoms with Crippen molar-refractivity contribution in [1.29, 1.82) is 0 Å². The van der Waals surface area contributed by atoms with Gasteiger partial charge in [-0.05, 0) is 51.4 Å². The Morgan fingerprint density at radius 1 is 1.38 bits per heavy atom. The monoisotopic (exact) mass is 292 g/mol. The molecule has 6 heteroatoms. The van der Waals surface area contributed by atoms with Gasteiger partial charge in [0, 0.05) is 19.6 Å². The van der Waals surface area contributed by atoms with E-state index in [-0.39, 0.29) is 10.6 Å². The molecule has 1 fully saturated rings. The Bertz CT molecular complexity index is 493. The van der Waals surface area contributed by atoms with Gasteiger partial charge in [0.2, 0.25) is 0 Å². The number of nitro benzene ring substituents is 1. The van der Waals surface area contributed by atoms with E-state index in [1.54, 1.807) is 12.1 Å². The van der Waals surface area contributed by atoms with E-state index in [4.69, 9.17) is 0 Å². The Labute approximate surface area is 125 Å². The molecule has 1 aliphatic rings. The maximum Gasteiger partial charge on any atom is 0.315 e. The Kier molecular flexibility index (Phi) is 5.38. The minimum atomic E-state index is -0.312. The quantitative estimate of drug-likeness (QED) is 0.623. The Morgan fingerprint density at radius 3 is 2.71 bits per heavy atom. The number of hydrogen-bond acceptors (Lipinski definition) is 5. The van der Waals surface area contributed by atoms with Gasteiger partial charge in [-0.2, -0.15) is 0 Å². The van der Waals surface area contributed by atoms with Crippen molar-refractivity contribution >= 4 is 17.1 Å². The smallest absolute Gasteiger partial charge is 0.315 e. The molecule has 21 heavy (non-hydrogen) atoms. The first-order chi connectivity index (χ1) is 10.1. The molecule has 0 radical (unpaired) electrons. The van der Waals surface area contributed by atoms with Gasteiger partial charge in [-0.3, -0.25) is 10.1 Å². The lowest BCUT2D eigenvalue weighted by Crippen LogP contribution is -2.35. The van der Waals surface area contributed by atoms with Crippen molar-refractivity contribution < 1.29 is 4.92 Å². The third kappa shape index (κ3) is 4.07. The summed E-state index contributed by atoms with van der Waals surface area (Å²) in [6.07, 6.45) is 2.38. The lowest BCUT2D eigenvalue weighted by atomic mass is 9.98. The highest BCUT2D eigenvalue weighted by Crippen LogP contribution is 2.33. The number of rotatable bonds is 6. The average molecular weight is 292 g/mol. The minimum absolute atomic E-state index is 0.142. The second-order valence-corrected chi connectivity index (χ2v) is 5.64. The molecule has 1 aliphatic heterocycles. The fourth-order valence-electron chi connectivity index (χ4n) is 2.91.